The first kappa shape index (κ1) is 17.7. The molecule has 26 heavy (non-hydrogen) atoms. The van der Waals surface area contributed by atoms with Crippen LogP contribution in [0.1, 0.15) is 28.8 Å². The van der Waals surface area contributed by atoms with Crippen molar-refractivity contribution in [3.8, 4) is 5.75 Å². The van der Waals surface area contributed by atoms with Crippen molar-refractivity contribution in [1.82, 2.24) is 5.32 Å². The number of non-ortho nitro benzene ring substituents is 1. The highest BCUT2D eigenvalue weighted by atomic mass is 16.6. The van der Waals surface area contributed by atoms with Gasteiger partial charge in [0.25, 0.3) is 11.6 Å². The fourth-order valence-corrected chi connectivity index (χ4v) is 3.18. The minimum Gasteiger partial charge on any atom is -0.496 e. The molecule has 136 valence electrons. The smallest absolute Gasteiger partial charge is 0.270 e. The summed E-state index contributed by atoms with van der Waals surface area (Å²) in [6.07, 6.45) is 2.34. The molecule has 1 aliphatic rings. The lowest BCUT2D eigenvalue weighted by molar-refractivity contribution is -0.384. The SMILES string of the molecule is COc1ccc([N+](=O)[O-])cc1C(=O)NCc1ccccc1N1CCCC1. The number of amides is 1. The number of anilines is 1. The van der Waals surface area contributed by atoms with Crippen molar-refractivity contribution in [1.29, 1.82) is 0 Å². The maximum atomic E-state index is 12.6. The Balaban J connectivity index is 1.77. The standard InChI is InChI=1S/C19H21N3O4/c1-26-18-9-8-15(22(24)25)12-16(18)19(23)20-13-14-6-2-3-7-17(14)21-10-4-5-11-21/h2-3,6-9,12H,4-5,10-11,13H2,1H3,(H,20,23). The predicted molar refractivity (Wildman–Crippen MR) is 98.7 cm³/mol. The van der Waals surface area contributed by atoms with Crippen LogP contribution in [0.2, 0.25) is 0 Å². The Bertz CT molecular complexity index is 816. The summed E-state index contributed by atoms with van der Waals surface area (Å²) in [5, 5.41) is 13.8. The van der Waals surface area contributed by atoms with E-state index in [1.165, 1.54) is 38.2 Å². The lowest BCUT2D eigenvalue weighted by Crippen LogP contribution is -2.26. The van der Waals surface area contributed by atoms with E-state index >= 15 is 0 Å². The van der Waals surface area contributed by atoms with Crippen molar-refractivity contribution in [3.63, 3.8) is 0 Å². The van der Waals surface area contributed by atoms with Crippen LogP contribution in [0.5, 0.6) is 5.75 Å². The number of nitro benzene ring substituents is 1. The molecule has 7 heteroatoms. The fraction of sp³-hybridized carbons (Fsp3) is 0.316. The molecule has 0 aromatic heterocycles. The summed E-state index contributed by atoms with van der Waals surface area (Å²) in [4.78, 5) is 25.3. The zero-order chi connectivity index (χ0) is 18.5. The quantitative estimate of drug-likeness (QED) is 0.636. The molecule has 1 fully saturated rings. The lowest BCUT2D eigenvalue weighted by Gasteiger charge is -2.21. The summed E-state index contributed by atoms with van der Waals surface area (Å²) in [5.41, 5.74) is 2.15. The van der Waals surface area contributed by atoms with Gasteiger partial charge in [0.2, 0.25) is 0 Å². The van der Waals surface area contributed by atoms with Crippen molar-refractivity contribution in [3.05, 3.63) is 63.7 Å². The van der Waals surface area contributed by atoms with Gasteiger partial charge in [-0.1, -0.05) is 18.2 Å². The van der Waals surface area contributed by atoms with Crippen LogP contribution in [-0.4, -0.2) is 31.0 Å². The van der Waals surface area contributed by atoms with E-state index in [0.29, 0.717) is 12.3 Å². The summed E-state index contributed by atoms with van der Waals surface area (Å²) in [7, 11) is 1.43. The highest BCUT2D eigenvalue weighted by Gasteiger charge is 2.19. The van der Waals surface area contributed by atoms with Crippen LogP contribution in [0.25, 0.3) is 0 Å². The summed E-state index contributed by atoms with van der Waals surface area (Å²) in [6, 6.07) is 12.0. The first-order valence-corrected chi connectivity index (χ1v) is 8.53. The monoisotopic (exact) mass is 355 g/mol. The third-order valence-corrected chi connectivity index (χ3v) is 4.52. The first-order chi connectivity index (χ1) is 12.6. The van der Waals surface area contributed by atoms with Gasteiger partial charge < -0.3 is 15.0 Å². The molecule has 0 atom stereocenters. The van der Waals surface area contributed by atoms with Gasteiger partial charge in [-0.25, -0.2) is 0 Å². The van der Waals surface area contributed by atoms with Crippen LogP contribution in [0.4, 0.5) is 11.4 Å². The molecule has 2 aromatic carbocycles. The lowest BCUT2D eigenvalue weighted by atomic mass is 10.1. The Kier molecular flexibility index (Phi) is 5.36. The van der Waals surface area contributed by atoms with Crippen molar-refractivity contribution < 1.29 is 14.5 Å². The number of hydrogen-bond acceptors (Lipinski definition) is 5. The van der Waals surface area contributed by atoms with E-state index in [-0.39, 0.29) is 11.3 Å². The van der Waals surface area contributed by atoms with E-state index in [4.69, 9.17) is 4.74 Å². The van der Waals surface area contributed by atoms with E-state index < -0.39 is 10.8 Å². The Morgan fingerprint density at radius 1 is 1.23 bits per heavy atom. The van der Waals surface area contributed by atoms with Gasteiger partial charge in [-0.3, -0.25) is 14.9 Å². The maximum absolute atomic E-state index is 12.6. The molecule has 0 spiro atoms. The summed E-state index contributed by atoms with van der Waals surface area (Å²) in [5.74, 6) is -0.0947. The van der Waals surface area contributed by atoms with Gasteiger partial charge in [-0.15, -0.1) is 0 Å². The Morgan fingerprint density at radius 2 is 1.96 bits per heavy atom. The number of carbonyl (C=O) groups excluding carboxylic acids is 1. The second-order valence-electron chi connectivity index (χ2n) is 6.15. The number of nitrogens with zero attached hydrogens (tertiary/aromatic N) is 2. The van der Waals surface area contributed by atoms with Gasteiger partial charge in [0.15, 0.2) is 0 Å². The second kappa shape index (κ2) is 7.86. The summed E-state index contributed by atoms with van der Waals surface area (Å²) >= 11 is 0. The number of carbonyl (C=O) groups is 1. The summed E-state index contributed by atoms with van der Waals surface area (Å²) in [6.45, 7) is 2.38. The van der Waals surface area contributed by atoms with Gasteiger partial charge in [-0.05, 0) is 30.5 Å². The first-order valence-electron chi connectivity index (χ1n) is 8.53. The van der Waals surface area contributed by atoms with Crippen molar-refractivity contribution in [2.45, 2.75) is 19.4 Å². The van der Waals surface area contributed by atoms with Gasteiger partial charge in [0.05, 0.1) is 17.6 Å². The molecule has 0 unspecified atom stereocenters. The molecular weight excluding hydrogens is 334 g/mol. The minimum absolute atomic E-state index is 0.145. The van der Waals surface area contributed by atoms with Gasteiger partial charge in [-0.2, -0.15) is 0 Å². The van der Waals surface area contributed by atoms with Crippen LogP contribution in [-0.2, 0) is 6.54 Å². The number of para-hydroxylation sites is 1. The molecule has 0 bridgehead atoms. The highest BCUT2D eigenvalue weighted by molar-refractivity contribution is 5.97. The Labute approximate surface area is 151 Å². The number of methoxy groups -OCH3 is 1. The van der Waals surface area contributed by atoms with E-state index in [9.17, 15) is 14.9 Å². The fourth-order valence-electron chi connectivity index (χ4n) is 3.18. The zero-order valence-corrected chi connectivity index (χ0v) is 14.6. The van der Waals surface area contributed by atoms with Crippen LogP contribution in [0.3, 0.4) is 0 Å². The molecule has 1 aliphatic heterocycles. The molecule has 3 rings (SSSR count). The number of ether oxygens (including phenoxy) is 1. The molecule has 2 aromatic rings. The zero-order valence-electron chi connectivity index (χ0n) is 14.6. The maximum Gasteiger partial charge on any atom is 0.270 e. The molecule has 1 heterocycles. The van der Waals surface area contributed by atoms with E-state index in [0.717, 1.165) is 24.3 Å². The topological polar surface area (TPSA) is 84.7 Å². The van der Waals surface area contributed by atoms with Gasteiger partial charge >= 0.3 is 0 Å². The summed E-state index contributed by atoms with van der Waals surface area (Å²) < 4.78 is 5.17. The number of benzene rings is 2. The van der Waals surface area contributed by atoms with E-state index in [1.807, 2.05) is 18.2 Å². The van der Waals surface area contributed by atoms with Crippen molar-refractivity contribution in [2.24, 2.45) is 0 Å². The van der Waals surface area contributed by atoms with E-state index in [2.05, 4.69) is 16.3 Å². The average molecular weight is 355 g/mol. The third-order valence-electron chi connectivity index (χ3n) is 4.52. The van der Waals surface area contributed by atoms with Crippen LogP contribution in [0, 0.1) is 10.1 Å². The van der Waals surface area contributed by atoms with E-state index in [1.54, 1.807) is 0 Å². The molecule has 0 aliphatic carbocycles. The molecule has 1 saturated heterocycles. The Morgan fingerprint density at radius 3 is 2.65 bits per heavy atom. The number of nitro groups is 1. The normalized spacial score (nSPS) is 13.5. The number of rotatable bonds is 6. The third kappa shape index (κ3) is 3.77. The predicted octanol–water partition coefficient (Wildman–Crippen LogP) is 3.13. The Hall–Kier alpha value is -3.09. The molecule has 1 amide bonds. The van der Waals surface area contributed by atoms with Crippen molar-refractivity contribution in [2.75, 3.05) is 25.1 Å². The number of hydrogen-bond donors (Lipinski definition) is 1. The molecule has 0 saturated carbocycles. The van der Waals surface area contributed by atoms with Crippen LogP contribution in [0.15, 0.2) is 42.5 Å². The minimum atomic E-state index is -0.529. The van der Waals surface area contributed by atoms with Gasteiger partial charge in [0.1, 0.15) is 5.75 Å². The van der Waals surface area contributed by atoms with Crippen molar-refractivity contribution >= 4 is 17.3 Å². The van der Waals surface area contributed by atoms with Crippen LogP contribution >= 0.6 is 0 Å². The average Bonchev–Trinajstić information content (AvgIpc) is 3.20. The highest BCUT2D eigenvalue weighted by Crippen LogP contribution is 2.26. The molecule has 0 radical (unpaired) electrons. The number of nitrogens with one attached hydrogen (secondary N) is 1. The van der Waals surface area contributed by atoms with Crippen LogP contribution < -0.4 is 15.0 Å². The largest absolute Gasteiger partial charge is 0.496 e. The molecule has 1 N–H and O–H groups in total. The molecular formula is C19H21N3O4. The molecule has 7 nitrogen and oxygen atoms in total. The second-order valence-corrected chi connectivity index (χ2v) is 6.15. The van der Waals surface area contributed by atoms with Gasteiger partial charge in [0, 0.05) is 37.5 Å².